The highest BCUT2D eigenvalue weighted by Crippen LogP contribution is 2.53. The van der Waals surface area contributed by atoms with Crippen LogP contribution >= 0.6 is 0 Å². The molecule has 17 heavy (non-hydrogen) atoms. The summed E-state index contributed by atoms with van der Waals surface area (Å²) in [4.78, 5) is 0. The first-order valence-corrected chi connectivity index (χ1v) is 6.26. The number of rotatable bonds is 5. The van der Waals surface area contributed by atoms with Gasteiger partial charge < -0.3 is 5.32 Å². The Bertz CT molecular complexity index is 385. The Kier molecular flexibility index (Phi) is 3.48. The lowest BCUT2D eigenvalue weighted by molar-refractivity contribution is 0.525. The van der Waals surface area contributed by atoms with Crippen LogP contribution in [0.1, 0.15) is 32.3 Å². The van der Waals surface area contributed by atoms with Gasteiger partial charge in [0.15, 0.2) is 0 Å². The van der Waals surface area contributed by atoms with Crippen LogP contribution in [0.2, 0.25) is 0 Å². The zero-order chi connectivity index (χ0) is 12.5. The molecule has 1 aliphatic carbocycles. The largest absolute Gasteiger partial charge is 0.316 e. The van der Waals surface area contributed by atoms with E-state index in [1.54, 1.807) is 0 Å². The predicted molar refractivity (Wildman–Crippen MR) is 65.0 cm³/mol. The van der Waals surface area contributed by atoms with Crippen LogP contribution in [-0.4, -0.2) is 13.1 Å². The summed E-state index contributed by atoms with van der Waals surface area (Å²) in [5.41, 5.74) is 0.740. The highest BCUT2D eigenvalue weighted by atomic mass is 19.1. The molecule has 0 radical (unpaired) electrons. The number of hydrogen-bond acceptors (Lipinski definition) is 1. The molecule has 0 aromatic heterocycles. The first-order chi connectivity index (χ1) is 8.08. The molecule has 3 heteroatoms. The molecule has 0 bridgehead atoms. The van der Waals surface area contributed by atoms with Crippen LogP contribution in [0.15, 0.2) is 18.2 Å². The standard InChI is InChI=1S/C14H19F2N/c1-3-4-17-9-14(8-10(14)2)11-5-12(15)7-13(16)6-11/h5-7,10,17H,3-4,8-9H2,1-2H3. The van der Waals surface area contributed by atoms with Crippen LogP contribution in [-0.2, 0) is 5.41 Å². The maximum atomic E-state index is 13.2. The van der Waals surface area contributed by atoms with Crippen molar-refractivity contribution in [3.63, 3.8) is 0 Å². The molecule has 1 saturated carbocycles. The minimum absolute atomic E-state index is 0.0574. The van der Waals surface area contributed by atoms with E-state index in [2.05, 4.69) is 19.2 Å². The van der Waals surface area contributed by atoms with Crippen molar-refractivity contribution in [3.8, 4) is 0 Å². The molecule has 1 fully saturated rings. The number of halogens is 2. The van der Waals surface area contributed by atoms with Crippen LogP contribution < -0.4 is 5.32 Å². The first kappa shape index (κ1) is 12.5. The Hall–Kier alpha value is -0.960. The van der Waals surface area contributed by atoms with Crippen molar-refractivity contribution < 1.29 is 8.78 Å². The van der Waals surface area contributed by atoms with Crippen molar-refractivity contribution in [2.45, 2.75) is 32.1 Å². The van der Waals surface area contributed by atoms with Crippen LogP contribution in [0.3, 0.4) is 0 Å². The van der Waals surface area contributed by atoms with Crippen LogP contribution in [0, 0.1) is 17.6 Å². The zero-order valence-electron chi connectivity index (χ0n) is 10.4. The molecular weight excluding hydrogens is 220 g/mol. The Balaban J connectivity index is 2.17. The van der Waals surface area contributed by atoms with E-state index in [1.807, 2.05) is 0 Å². The highest BCUT2D eigenvalue weighted by Gasteiger charge is 2.52. The van der Waals surface area contributed by atoms with E-state index in [0.717, 1.165) is 37.6 Å². The average molecular weight is 239 g/mol. The minimum atomic E-state index is -0.478. The normalized spacial score (nSPS) is 27.2. The van der Waals surface area contributed by atoms with Crippen molar-refractivity contribution in [2.75, 3.05) is 13.1 Å². The summed E-state index contributed by atoms with van der Waals surface area (Å²) in [6, 6.07) is 3.88. The molecule has 1 aromatic rings. The Morgan fingerprint density at radius 2 is 1.88 bits per heavy atom. The topological polar surface area (TPSA) is 12.0 Å². The highest BCUT2D eigenvalue weighted by molar-refractivity contribution is 5.34. The second-order valence-corrected chi connectivity index (χ2v) is 5.10. The van der Waals surface area contributed by atoms with Gasteiger partial charge >= 0.3 is 0 Å². The van der Waals surface area contributed by atoms with Crippen molar-refractivity contribution in [1.82, 2.24) is 5.32 Å². The maximum absolute atomic E-state index is 13.2. The molecule has 2 atom stereocenters. The SMILES string of the molecule is CCCNCC1(c2cc(F)cc(F)c2)CC1C. The van der Waals surface area contributed by atoms with Crippen molar-refractivity contribution in [1.29, 1.82) is 0 Å². The molecule has 0 saturated heterocycles. The van der Waals surface area contributed by atoms with Crippen molar-refractivity contribution in [2.24, 2.45) is 5.92 Å². The summed E-state index contributed by atoms with van der Waals surface area (Å²) in [5, 5.41) is 3.36. The van der Waals surface area contributed by atoms with Gasteiger partial charge in [0.05, 0.1) is 0 Å². The molecule has 2 rings (SSSR count). The fourth-order valence-corrected chi connectivity index (χ4v) is 2.57. The smallest absolute Gasteiger partial charge is 0.126 e. The number of nitrogens with one attached hydrogen (secondary N) is 1. The molecule has 1 N–H and O–H groups in total. The van der Waals surface area contributed by atoms with Crippen LogP contribution in [0.4, 0.5) is 8.78 Å². The molecule has 1 aromatic carbocycles. The summed E-state index contributed by atoms with van der Waals surface area (Å²) in [7, 11) is 0. The van der Waals surface area contributed by atoms with E-state index in [-0.39, 0.29) is 5.41 Å². The zero-order valence-corrected chi connectivity index (χ0v) is 10.4. The third kappa shape index (κ3) is 2.49. The second kappa shape index (κ2) is 4.73. The van der Waals surface area contributed by atoms with Crippen molar-refractivity contribution in [3.05, 3.63) is 35.4 Å². The van der Waals surface area contributed by atoms with E-state index >= 15 is 0 Å². The van der Waals surface area contributed by atoms with Gasteiger partial charge in [-0.2, -0.15) is 0 Å². The molecule has 0 spiro atoms. The van der Waals surface area contributed by atoms with Gasteiger partial charge in [-0.1, -0.05) is 13.8 Å². The van der Waals surface area contributed by atoms with Gasteiger partial charge in [0.2, 0.25) is 0 Å². The van der Waals surface area contributed by atoms with Gasteiger partial charge in [-0.25, -0.2) is 8.78 Å². The summed E-state index contributed by atoms with van der Waals surface area (Å²) >= 11 is 0. The summed E-state index contributed by atoms with van der Waals surface area (Å²) < 4.78 is 26.5. The molecule has 0 aliphatic heterocycles. The van der Waals surface area contributed by atoms with Crippen molar-refractivity contribution >= 4 is 0 Å². The maximum Gasteiger partial charge on any atom is 0.126 e. The monoisotopic (exact) mass is 239 g/mol. The molecule has 0 heterocycles. The lowest BCUT2D eigenvalue weighted by atomic mass is 9.93. The fraction of sp³-hybridized carbons (Fsp3) is 0.571. The van der Waals surface area contributed by atoms with E-state index in [9.17, 15) is 8.78 Å². The lowest BCUT2D eigenvalue weighted by Gasteiger charge is -2.18. The van der Waals surface area contributed by atoms with Gasteiger partial charge in [-0.15, -0.1) is 0 Å². The quantitative estimate of drug-likeness (QED) is 0.778. The minimum Gasteiger partial charge on any atom is -0.316 e. The predicted octanol–water partition coefficient (Wildman–Crippen LogP) is 3.24. The first-order valence-electron chi connectivity index (χ1n) is 6.26. The summed E-state index contributed by atoms with van der Waals surface area (Å²) in [6.45, 7) is 6.01. The number of benzene rings is 1. The molecular formula is C14H19F2N. The van der Waals surface area contributed by atoms with E-state index in [0.29, 0.717) is 5.92 Å². The van der Waals surface area contributed by atoms with Gasteiger partial charge in [-0.05, 0) is 43.0 Å². The Labute approximate surface area is 101 Å². The van der Waals surface area contributed by atoms with Gasteiger partial charge in [0.25, 0.3) is 0 Å². The third-order valence-electron chi connectivity index (χ3n) is 3.76. The van der Waals surface area contributed by atoms with Gasteiger partial charge in [-0.3, -0.25) is 0 Å². The Morgan fingerprint density at radius 3 is 2.35 bits per heavy atom. The molecule has 0 amide bonds. The average Bonchev–Trinajstić information content (AvgIpc) is 2.90. The lowest BCUT2D eigenvalue weighted by Crippen LogP contribution is -2.29. The van der Waals surface area contributed by atoms with Crippen LogP contribution in [0.5, 0.6) is 0 Å². The van der Waals surface area contributed by atoms with E-state index in [4.69, 9.17) is 0 Å². The molecule has 94 valence electrons. The van der Waals surface area contributed by atoms with Gasteiger partial charge in [0, 0.05) is 18.0 Å². The Morgan fingerprint density at radius 1 is 1.29 bits per heavy atom. The fourth-order valence-electron chi connectivity index (χ4n) is 2.57. The molecule has 1 nitrogen and oxygen atoms in total. The van der Waals surface area contributed by atoms with E-state index < -0.39 is 11.6 Å². The molecule has 1 aliphatic rings. The molecule has 2 unspecified atom stereocenters. The third-order valence-corrected chi connectivity index (χ3v) is 3.76. The number of hydrogen-bond donors (Lipinski definition) is 1. The summed E-state index contributed by atoms with van der Waals surface area (Å²) in [5.74, 6) is -0.462. The second-order valence-electron chi connectivity index (χ2n) is 5.10. The summed E-state index contributed by atoms with van der Waals surface area (Å²) in [6.07, 6.45) is 2.08. The van der Waals surface area contributed by atoms with Gasteiger partial charge in [0.1, 0.15) is 11.6 Å². The van der Waals surface area contributed by atoms with E-state index in [1.165, 1.54) is 12.1 Å². The van der Waals surface area contributed by atoms with Crippen LogP contribution in [0.25, 0.3) is 0 Å².